The van der Waals surface area contributed by atoms with Gasteiger partial charge in [0.25, 0.3) is 0 Å². The first-order valence-electron chi connectivity index (χ1n) is 9.83. The fourth-order valence-corrected chi connectivity index (χ4v) is 4.93. The van der Waals surface area contributed by atoms with Crippen molar-refractivity contribution in [2.75, 3.05) is 32.1 Å². The van der Waals surface area contributed by atoms with Gasteiger partial charge in [-0.05, 0) is 76.7 Å². The van der Waals surface area contributed by atoms with Crippen LogP contribution < -0.4 is 4.90 Å². The maximum Gasteiger partial charge on any atom is 0.233 e. The van der Waals surface area contributed by atoms with Crippen LogP contribution in [0.3, 0.4) is 0 Å². The molecule has 0 saturated heterocycles. The Morgan fingerprint density at radius 3 is 2.41 bits per heavy atom. The molecular weight excluding hydrogens is 402 g/mol. The van der Waals surface area contributed by atoms with Gasteiger partial charge in [-0.1, -0.05) is 46.7 Å². The number of benzene rings is 2. The van der Waals surface area contributed by atoms with Crippen LogP contribution in [0.1, 0.15) is 28.7 Å². The zero-order valence-electron chi connectivity index (χ0n) is 17.8. The number of carbonyl (C=O) groups excluding carboxylic acids is 1. The molecule has 3 rings (SSSR count). The van der Waals surface area contributed by atoms with Gasteiger partial charge in [0.2, 0.25) is 5.91 Å². The highest BCUT2D eigenvalue weighted by Gasteiger charge is 2.22. The Bertz CT molecular complexity index is 1010. The summed E-state index contributed by atoms with van der Waals surface area (Å²) in [4.78, 5) is 22.1. The Kier molecular flexibility index (Phi) is 6.93. The van der Waals surface area contributed by atoms with Crippen LogP contribution in [0.5, 0.6) is 0 Å². The molecule has 0 aliphatic heterocycles. The molecule has 1 aromatic heterocycles. The second-order valence-corrected chi connectivity index (χ2v) is 9.26. The number of hydrogen-bond donors (Lipinski definition) is 0. The number of nitrogens with zero attached hydrogens (tertiary/aromatic N) is 3. The summed E-state index contributed by atoms with van der Waals surface area (Å²) in [5, 5.41) is 1.34. The van der Waals surface area contributed by atoms with E-state index in [2.05, 4.69) is 37.8 Å². The fraction of sp³-hybridized carbons (Fsp3) is 0.391. The third kappa shape index (κ3) is 5.16. The molecule has 0 saturated carbocycles. The van der Waals surface area contributed by atoms with Crippen LogP contribution in [-0.2, 0) is 11.2 Å². The Morgan fingerprint density at radius 2 is 1.79 bits per heavy atom. The van der Waals surface area contributed by atoms with Gasteiger partial charge in [0.1, 0.15) is 5.52 Å². The van der Waals surface area contributed by atoms with E-state index in [-0.39, 0.29) is 5.91 Å². The van der Waals surface area contributed by atoms with E-state index in [1.807, 2.05) is 37.2 Å². The van der Waals surface area contributed by atoms with Crippen molar-refractivity contribution in [3.05, 3.63) is 57.6 Å². The van der Waals surface area contributed by atoms with Gasteiger partial charge in [0, 0.05) is 6.54 Å². The van der Waals surface area contributed by atoms with Crippen LogP contribution >= 0.6 is 22.9 Å². The number of hydrogen-bond acceptors (Lipinski definition) is 4. The van der Waals surface area contributed by atoms with E-state index in [9.17, 15) is 4.79 Å². The van der Waals surface area contributed by atoms with Crippen LogP contribution in [0.25, 0.3) is 10.2 Å². The summed E-state index contributed by atoms with van der Waals surface area (Å²) >= 11 is 7.84. The normalized spacial score (nSPS) is 11.4. The van der Waals surface area contributed by atoms with Gasteiger partial charge in [-0.15, -0.1) is 0 Å². The van der Waals surface area contributed by atoms with Gasteiger partial charge in [-0.2, -0.15) is 0 Å². The SMILES string of the molecule is Cc1cc(C)c(CC(=O)N(CCCN(C)C)c2nc3c(Cl)cccc3s2)c(C)c1. The van der Waals surface area contributed by atoms with Crippen LogP contribution in [0, 0.1) is 20.8 Å². The zero-order valence-corrected chi connectivity index (χ0v) is 19.3. The molecule has 0 atom stereocenters. The van der Waals surface area contributed by atoms with E-state index in [0.717, 1.165) is 45.0 Å². The van der Waals surface area contributed by atoms with Crippen molar-refractivity contribution in [3.63, 3.8) is 0 Å². The Labute approximate surface area is 182 Å². The van der Waals surface area contributed by atoms with Crippen molar-refractivity contribution in [3.8, 4) is 0 Å². The highest BCUT2D eigenvalue weighted by atomic mass is 35.5. The molecule has 0 radical (unpaired) electrons. The number of carbonyl (C=O) groups is 1. The molecule has 154 valence electrons. The summed E-state index contributed by atoms with van der Waals surface area (Å²) in [6, 6.07) is 10.0. The maximum absolute atomic E-state index is 13.4. The van der Waals surface area contributed by atoms with Crippen molar-refractivity contribution in [2.24, 2.45) is 0 Å². The number of amides is 1. The van der Waals surface area contributed by atoms with E-state index in [1.54, 1.807) is 0 Å². The fourth-order valence-electron chi connectivity index (χ4n) is 3.63. The van der Waals surface area contributed by atoms with Crippen LogP contribution in [0.4, 0.5) is 5.13 Å². The molecule has 3 aromatic rings. The van der Waals surface area contributed by atoms with E-state index < -0.39 is 0 Å². The molecular formula is C23H28ClN3OS. The summed E-state index contributed by atoms with van der Waals surface area (Å²) in [6.07, 6.45) is 1.26. The van der Waals surface area contributed by atoms with Gasteiger partial charge in [0.05, 0.1) is 16.1 Å². The largest absolute Gasteiger partial charge is 0.309 e. The summed E-state index contributed by atoms with van der Waals surface area (Å²) in [5.41, 5.74) is 5.42. The molecule has 2 aromatic carbocycles. The molecule has 0 aliphatic carbocycles. The lowest BCUT2D eigenvalue weighted by Gasteiger charge is -2.22. The minimum Gasteiger partial charge on any atom is -0.309 e. The summed E-state index contributed by atoms with van der Waals surface area (Å²) in [5.74, 6) is 0.0778. The first kappa shape index (κ1) is 21.8. The van der Waals surface area contributed by atoms with E-state index in [0.29, 0.717) is 18.0 Å². The molecule has 0 unspecified atom stereocenters. The van der Waals surface area contributed by atoms with Crippen molar-refractivity contribution in [2.45, 2.75) is 33.6 Å². The van der Waals surface area contributed by atoms with E-state index in [4.69, 9.17) is 16.6 Å². The highest BCUT2D eigenvalue weighted by Crippen LogP contribution is 2.33. The number of para-hydroxylation sites is 1. The zero-order chi connectivity index (χ0) is 21.1. The third-order valence-electron chi connectivity index (χ3n) is 5.05. The molecule has 0 spiro atoms. The highest BCUT2D eigenvalue weighted by molar-refractivity contribution is 7.22. The van der Waals surface area contributed by atoms with Crippen LogP contribution in [0.15, 0.2) is 30.3 Å². The van der Waals surface area contributed by atoms with Crippen molar-refractivity contribution < 1.29 is 4.79 Å². The molecule has 0 fully saturated rings. The quantitative estimate of drug-likeness (QED) is 0.504. The lowest BCUT2D eigenvalue weighted by molar-refractivity contribution is -0.118. The monoisotopic (exact) mass is 429 g/mol. The number of aromatic nitrogens is 1. The Balaban J connectivity index is 1.92. The summed E-state index contributed by atoms with van der Waals surface area (Å²) in [6.45, 7) is 7.80. The van der Waals surface area contributed by atoms with E-state index in [1.165, 1.54) is 16.9 Å². The van der Waals surface area contributed by atoms with Gasteiger partial charge in [-0.25, -0.2) is 4.98 Å². The average molecular weight is 430 g/mol. The van der Waals surface area contributed by atoms with Gasteiger partial charge >= 0.3 is 0 Å². The van der Waals surface area contributed by atoms with Crippen LogP contribution in [0.2, 0.25) is 5.02 Å². The topological polar surface area (TPSA) is 36.4 Å². The molecule has 1 heterocycles. The standard InChI is InChI=1S/C23H28ClN3OS/c1-15-12-16(2)18(17(3)13-15)14-21(28)27(11-7-10-26(4)5)23-25-22-19(24)8-6-9-20(22)29-23/h6,8-9,12-13H,7,10-11,14H2,1-5H3. The molecule has 4 nitrogen and oxygen atoms in total. The maximum atomic E-state index is 13.4. The van der Waals surface area contributed by atoms with Crippen LogP contribution in [-0.4, -0.2) is 43.0 Å². The van der Waals surface area contributed by atoms with Crippen molar-refractivity contribution in [1.82, 2.24) is 9.88 Å². The molecule has 6 heteroatoms. The van der Waals surface area contributed by atoms with Gasteiger partial charge in [-0.3, -0.25) is 9.69 Å². The van der Waals surface area contributed by atoms with Gasteiger partial charge < -0.3 is 4.90 Å². The molecule has 1 amide bonds. The predicted molar refractivity (Wildman–Crippen MR) is 125 cm³/mol. The minimum absolute atomic E-state index is 0.0778. The number of rotatable bonds is 7. The molecule has 0 N–H and O–H groups in total. The lowest BCUT2D eigenvalue weighted by Crippen LogP contribution is -2.34. The Morgan fingerprint density at radius 1 is 1.10 bits per heavy atom. The number of halogens is 1. The third-order valence-corrected chi connectivity index (χ3v) is 6.39. The Hall–Kier alpha value is -1.95. The number of thiazole rings is 1. The first-order chi connectivity index (χ1) is 13.8. The van der Waals surface area contributed by atoms with Crippen molar-refractivity contribution in [1.29, 1.82) is 0 Å². The van der Waals surface area contributed by atoms with Gasteiger partial charge in [0.15, 0.2) is 5.13 Å². The summed E-state index contributed by atoms with van der Waals surface area (Å²) < 4.78 is 1.00. The predicted octanol–water partition coefficient (Wildman–Crippen LogP) is 5.40. The molecule has 0 bridgehead atoms. The number of fused-ring (bicyclic) bond motifs is 1. The first-order valence-corrected chi connectivity index (χ1v) is 11.0. The second kappa shape index (κ2) is 9.24. The average Bonchev–Trinajstić information content (AvgIpc) is 3.06. The lowest BCUT2D eigenvalue weighted by atomic mass is 9.97. The minimum atomic E-state index is 0.0778. The number of anilines is 1. The molecule has 0 aliphatic rings. The summed E-state index contributed by atoms with van der Waals surface area (Å²) in [7, 11) is 4.09. The van der Waals surface area contributed by atoms with Crippen molar-refractivity contribution >= 4 is 44.2 Å². The number of aryl methyl sites for hydroxylation is 3. The smallest absolute Gasteiger partial charge is 0.233 e. The second-order valence-electron chi connectivity index (χ2n) is 7.84. The van der Waals surface area contributed by atoms with E-state index >= 15 is 0 Å². The molecule has 29 heavy (non-hydrogen) atoms.